The molecule has 2 aliphatic rings. The quantitative estimate of drug-likeness (QED) is 0.696. The average molecular weight is 444 g/mol. The molecule has 0 bridgehead atoms. The van der Waals surface area contributed by atoms with Crippen LogP contribution in [0.2, 0.25) is 0 Å². The number of hydrogen-bond donors (Lipinski definition) is 1. The van der Waals surface area contributed by atoms with Gasteiger partial charge in [0.1, 0.15) is 0 Å². The van der Waals surface area contributed by atoms with Gasteiger partial charge in [-0.05, 0) is 30.7 Å². The van der Waals surface area contributed by atoms with Gasteiger partial charge in [0, 0.05) is 37.5 Å². The monoisotopic (exact) mass is 443 g/mol. The summed E-state index contributed by atoms with van der Waals surface area (Å²) in [4.78, 5) is 23.8. The zero-order valence-corrected chi connectivity index (χ0v) is 18.2. The number of benzene rings is 1. The van der Waals surface area contributed by atoms with E-state index in [1.165, 1.54) is 35.5 Å². The summed E-state index contributed by atoms with van der Waals surface area (Å²) in [6, 6.07) is 5.12. The molecule has 0 unspecified atom stereocenters. The summed E-state index contributed by atoms with van der Waals surface area (Å²) in [6.07, 6.45) is 2.20. The minimum absolute atomic E-state index is 0.0517. The van der Waals surface area contributed by atoms with E-state index < -0.39 is 37.9 Å². The number of nitrogens with one attached hydrogen (secondary N) is 1. The maximum Gasteiger partial charge on any atom is 0.243 e. The molecule has 1 aromatic carbocycles. The summed E-state index contributed by atoms with van der Waals surface area (Å²) in [7, 11) is -7.65. The van der Waals surface area contributed by atoms with Crippen molar-refractivity contribution in [3.8, 4) is 0 Å². The molecule has 0 aliphatic carbocycles. The van der Waals surface area contributed by atoms with Gasteiger partial charge >= 0.3 is 0 Å². The Bertz CT molecular complexity index is 1020. The van der Waals surface area contributed by atoms with Crippen molar-refractivity contribution in [2.24, 2.45) is 11.8 Å². The van der Waals surface area contributed by atoms with Crippen molar-refractivity contribution in [1.29, 1.82) is 0 Å². The number of carbonyl (C=O) groups excluding carboxylic acids is 2. The van der Waals surface area contributed by atoms with E-state index in [1.807, 2.05) is 6.92 Å². The van der Waals surface area contributed by atoms with Gasteiger partial charge in [-0.1, -0.05) is 13.3 Å². The van der Waals surface area contributed by atoms with Gasteiger partial charge in [-0.2, -0.15) is 4.31 Å². The Kier molecular flexibility index (Phi) is 5.76. The third-order valence-corrected chi connectivity index (χ3v) is 8.43. The number of fused-ring (bicyclic) bond motifs is 1. The summed E-state index contributed by atoms with van der Waals surface area (Å²) in [5.74, 6) is -1.55. The van der Waals surface area contributed by atoms with Crippen LogP contribution in [0.1, 0.15) is 26.7 Å². The summed E-state index contributed by atoms with van der Waals surface area (Å²) < 4.78 is 52.7. The maximum absolute atomic E-state index is 13.1. The second-order valence-electron chi connectivity index (χ2n) is 7.55. The van der Waals surface area contributed by atoms with Crippen LogP contribution < -0.4 is 5.32 Å². The summed E-state index contributed by atoms with van der Waals surface area (Å²) in [5.41, 5.74) is 0.478. The molecule has 2 heterocycles. The van der Waals surface area contributed by atoms with E-state index in [2.05, 4.69) is 5.32 Å². The van der Waals surface area contributed by atoms with E-state index in [0.717, 1.165) is 10.6 Å². The van der Waals surface area contributed by atoms with Crippen LogP contribution in [0.5, 0.6) is 0 Å². The molecule has 2 aliphatic heterocycles. The lowest BCUT2D eigenvalue weighted by Gasteiger charge is -2.23. The molecule has 0 spiro atoms. The van der Waals surface area contributed by atoms with Crippen molar-refractivity contribution in [3.63, 3.8) is 0 Å². The lowest BCUT2D eigenvalue weighted by Crippen LogP contribution is -2.43. The molecule has 0 radical (unpaired) electrons. The Labute approximate surface area is 171 Å². The number of amides is 2. The fraction of sp³-hybridized carbons (Fsp3) is 0.556. The van der Waals surface area contributed by atoms with Gasteiger partial charge in [-0.3, -0.25) is 9.59 Å². The Hall–Kier alpha value is -1.98. The van der Waals surface area contributed by atoms with Gasteiger partial charge in [-0.25, -0.2) is 21.1 Å². The Morgan fingerprint density at radius 3 is 2.28 bits per heavy atom. The standard InChI is InChI=1S/C18H25N3O6S2/c1-4-5-15-16-10-20(11-17(16)21(18(15)23)28(3,24)25)29(26,27)14-8-6-13(7-9-14)19-12(2)22/h6-9,15-17H,4-5,10-11H2,1-3H3,(H,19,22)/t15-,16-,17+/m0/s1. The smallest absolute Gasteiger partial charge is 0.243 e. The van der Waals surface area contributed by atoms with Gasteiger partial charge in [0.15, 0.2) is 0 Å². The molecule has 1 aromatic rings. The molecule has 0 aromatic heterocycles. The zero-order chi connectivity index (χ0) is 21.6. The first kappa shape index (κ1) is 21.7. The van der Waals surface area contributed by atoms with Crippen LogP contribution in [0.25, 0.3) is 0 Å². The molecular formula is C18H25N3O6S2. The van der Waals surface area contributed by atoms with Gasteiger partial charge in [0.25, 0.3) is 0 Å². The van der Waals surface area contributed by atoms with E-state index in [4.69, 9.17) is 0 Å². The molecule has 11 heteroatoms. The molecule has 2 fully saturated rings. The average Bonchev–Trinajstić information content (AvgIpc) is 3.13. The third kappa shape index (κ3) is 4.03. The van der Waals surface area contributed by atoms with Crippen LogP contribution >= 0.6 is 0 Å². The Morgan fingerprint density at radius 1 is 1.14 bits per heavy atom. The van der Waals surface area contributed by atoms with E-state index in [9.17, 15) is 26.4 Å². The summed E-state index contributed by atoms with van der Waals surface area (Å²) in [6.45, 7) is 3.31. The van der Waals surface area contributed by atoms with Crippen molar-refractivity contribution in [1.82, 2.24) is 8.61 Å². The molecule has 9 nitrogen and oxygen atoms in total. The zero-order valence-electron chi connectivity index (χ0n) is 16.5. The van der Waals surface area contributed by atoms with E-state index in [-0.39, 0.29) is 29.8 Å². The molecule has 29 heavy (non-hydrogen) atoms. The predicted octanol–water partition coefficient (Wildman–Crippen LogP) is 0.852. The molecule has 3 rings (SSSR count). The molecule has 2 amide bonds. The molecular weight excluding hydrogens is 418 g/mol. The number of nitrogens with zero attached hydrogens (tertiary/aromatic N) is 2. The van der Waals surface area contributed by atoms with Crippen molar-refractivity contribution < 1.29 is 26.4 Å². The fourth-order valence-corrected chi connectivity index (χ4v) is 6.92. The first-order valence-corrected chi connectivity index (χ1v) is 12.7. The van der Waals surface area contributed by atoms with Crippen LogP contribution in [-0.2, 0) is 29.6 Å². The van der Waals surface area contributed by atoms with E-state index in [1.54, 1.807) is 0 Å². The summed E-state index contributed by atoms with van der Waals surface area (Å²) in [5, 5.41) is 2.57. The maximum atomic E-state index is 13.1. The van der Waals surface area contributed by atoms with Crippen LogP contribution in [0, 0.1) is 11.8 Å². The number of carbonyl (C=O) groups is 2. The van der Waals surface area contributed by atoms with Crippen molar-refractivity contribution in [3.05, 3.63) is 24.3 Å². The lowest BCUT2D eigenvalue weighted by atomic mass is 9.89. The molecule has 0 saturated carbocycles. The highest BCUT2D eigenvalue weighted by Gasteiger charge is 2.56. The molecule has 1 N–H and O–H groups in total. The van der Waals surface area contributed by atoms with Crippen LogP contribution in [-0.4, -0.2) is 62.6 Å². The van der Waals surface area contributed by atoms with E-state index in [0.29, 0.717) is 18.5 Å². The first-order chi connectivity index (χ1) is 13.5. The highest BCUT2D eigenvalue weighted by atomic mass is 32.2. The van der Waals surface area contributed by atoms with Gasteiger partial charge < -0.3 is 5.32 Å². The largest absolute Gasteiger partial charge is 0.326 e. The number of anilines is 1. The van der Waals surface area contributed by atoms with Gasteiger partial charge in [0.05, 0.1) is 17.2 Å². The third-order valence-electron chi connectivity index (χ3n) is 5.42. The van der Waals surface area contributed by atoms with Crippen LogP contribution in [0.15, 0.2) is 29.2 Å². The lowest BCUT2D eigenvalue weighted by molar-refractivity contribution is -0.128. The predicted molar refractivity (Wildman–Crippen MR) is 107 cm³/mol. The topological polar surface area (TPSA) is 121 Å². The Morgan fingerprint density at radius 2 is 1.76 bits per heavy atom. The van der Waals surface area contributed by atoms with Crippen LogP contribution in [0.3, 0.4) is 0 Å². The second-order valence-corrected chi connectivity index (χ2v) is 11.3. The summed E-state index contributed by atoms with van der Waals surface area (Å²) >= 11 is 0. The van der Waals surface area contributed by atoms with Crippen LogP contribution in [0.4, 0.5) is 5.69 Å². The van der Waals surface area contributed by atoms with E-state index >= 15 is 0 Å². The number of sulfonamides is 2. The number of hydrogen-bond acceptors (Lipinski definition) is 6. The minimum Gasteiger partial charge on any atom is -0.326 e. The highest BCUT2D eigenvalue weighted by Crippen LogP contribution is 2.42. The Balaban J connectivity index is 1.88. The molecule has 3 atom stereocenters. The fourth-order valence-electron chi connectivity index (χ4n) is 4.25. The highest BCUT2D eigenvalue weighted by molar-refractivity contribution is 7.89. The van der Waals surface area contributed by atoms with Crippen molar-refractivity contribution >= 4 is 37.5 Å². The van der Waals surface area contributed by atoms with Crippen molar-refractivity contribution in [2.75, 3.05) is 24.7 Å². The van der Waals surface area contributed by atoms with Gasteiger partial charge in [0.2, 0.25) is 31.9 Å². The van der Waals surface area contributed by atoms with Gasteiger partial charge in [-0.15, -0.1) is 0 Å². The van der Waals surface area contributed by atoms with Crippen molar-refractivity contribution in [2.45, 2.75) is 37.6 Å². The first-order valence-electron chi connectivity index (χ1n) is 9.38. The second kappa shape index (κ2) is 7.69. The SMILES string of the molecule is CCC[C@@H]1C(=O)N(S(C)(=O)=O)[C@@H]2CN(S(=O)(=O)c3ccc(NC(C)=O)cc3)C[C@@H]12. The number of rotatable bonds is 6. The molecule has 2 saturated heterocycles. The normalized spacial score (nSPS) is 25.3. The molecule has 160 valence electrons. The minimum atomic E-state index is -3.86.